The number of phenolic OH excluding ortho intramolecular Hbond substituents is 1. The van der Waals surface area contributed by atoms with Crippen molar-refractivity contribution < 1.29 is 5.11 Å². The SMILES string of the molecule is CC1=CC=C(C)CC=C1.CCCCCC(C)=Nc1c(O)ccc(C(CC)CC)c1C. The highest BCUT2D eigenvalue weighted by Gasteiger charge is 2.15. The van der Waals surface area contributed by atoms with Gasteiger partial charge in [-0.15, -0.1) is 0 Å². The highest BCUT2D eigenvalue weighted by atomic mass is 16.3. The lowest BCUT2D eigenvalue weighted by Crippen LogP contribution is -1.99. The zero-order valence-electron chi connectivity index (χ0n) is 20.4. The number of allylic oxidation sites excluding steroid dienone is 6. The summed E-state index contributed by atoms with van der Waals surface area (Å²) in [5, 5.41) is 10.2. The first-order valence-corrected chi connectivity index (χ1v) is 11.7. The lowest BCUT2D eigenvalue weighted by Gasteiger charge is -2.18. The molecule has 1 N–H and O–H groups in total. The van der Waals surface area contributed by atoms with E-state index in [9.17, 15) is 5.11 Å². The van der Waals surface area contributed by atoms with Crippen LogP contribution in [0.25, 0.3) is 0 Å². The summed E-state index contributed by atoms with van der Waals surface area (Å²) in [6.45, 7) is 15.1. The number of rotatable bonds is 8. The average Bonchev–Trinajstić information content (AvgIpc) is 2.91. The maximum atomic E-state index is 10.2. The second kappa shape index (κ2) is 14.0. The number of aromatic hydroxyl groups is 1. The summed E-state index contributed by atoms with van der Waals surface area (Å²) in [5.74, 6) is 0.858. The zero-order chi connectivity index (χ0) is 22.5. The Morgan fingerprint density at radius 1 is 1.03 bits per heavy atom. The van der Waals surface area contributed by atoms with Crippen molar-refractivity contribution in [1.29, 1.82) is 0 Å². The van der Waals surface area contributed by atoms with Crippen molar-refractivity contribution in [2.45, 2.75) is 99.3 Å². The first kappa shape index (κ1) is 25.9. The van der Waals surface area contributed by atoms with Crippen LogP contribution in [0.15, 0.2) is 52.6 Å². The van der Waals surface area contributed by atoms with Crippen molar-refractivity contribution in [3.63, 3.8) is 0 Å². The van der Waals surface area contributed by atoms with E-state index in [1.54, 1.807) is 6.07 Å². The first-order valence-electron chi connectivity index (χ1n) is 11.7. The number of hydrogen-bond donors (Lipinski definition) is 1. The Balaban J connectivity index is 0.000000414. The Morgan fingerprint density at radius 2 is 1.73 bits per heavy atom. The monoisotopic (exact) mass is 409 g/mol. The molecule has 0 amide bonds. The van der Waals surface area contributed by atoms with Gasteiger partial charge in [0.05, 0.1) is 0 Å². The molecule has 0 atom stereocenters. The summed E-state index contributed by atoms with van der Waals surface area (Å²) in [7, 11) is 0. The molecular weight excluding hydrogens is 366 g/mol. The Hall–Kier alpha value is -2.09. The molecule has 0 bridgehead atoms. The van der Waals surface area contributed by atoms with Gasteiger partial charge >= 0.3 is 0 Å². The van der Waals surface area contributed by atoms with Gasteiger partial charge in [-0.2, -0.15) is 0 Å². The van der Waals surface area contributed by atoms with E-state index in [1.165, 1.54) is 36.0 Å². The number of nitrogens with zero attached hydrogens (tertiary/aromatic N) is 1. The van der Waals surface area contributed by atoms with Crippen molar-refractivity contribution in [3.8, 4) is 5.75 Å². The van der Waals surface area contributed by atoms with Crippen molar-refractivity contribution in [2.24, 2.45) is 4.99 Å². The number of unbranched alkanes of at least 4 members (excludes halogenated alkanes) is 2. The molecular formula is C28H43NO. The van der Waals surface area contributed by atoms with E-state index in [0.29, 0.717) is 11.7 Å². The molecule has 2 heteroatoms. The lowest BCUT2D eigenvalue weighted by atomic mass is 9.89. The fraction of sp³-hybridized carbons (Fsp3) is 0.536. The second-order valence-corrected chi connectivity index (χ2v) is 8.50. The normalized spacial score (nSPS) is 14.1. The average molecular weight is 410 g/mol. The maximum Gasteiger partial charge on any atom is 0.141 e. The molecule has 2 rings (SSSR count). The van der Waals surface area contributed by atoms with Gasteiger partial charge in [0.2, 0.25) is 0 Å². The Morgan fingerprint density at radius 3 is 2.37 bits per heavy atom. The predicted molar refractivity (Wildman–Crippen MR) is 134 cm³/mol. The molecule has 1 aromatic carbocycles. The standard InChI is InChI=1S/C19H31NO.C9H12/c1-6-9-10-11-14(4)20-19-15(5)17(12-13-18(19)21)16(7-2)8-3;1-8-4-3-5-9(2)7-6-8/h12-13,16,21H,6-11H2,1-5H3;3-4,6-7H,5H2,1-2H3. The fourth-order valence-electron chi connectivity index (χ4n) is 3.72. The number of phenols is 1. The summed E-state index contributed by atoms with van der Waals surface area (Å²) in [5.41, 5.74) is 7.13. The topological polar surface area (TPSA) is 32.6 Å². The van der Waals surface area contributed by atoms with Crippen LogP contribution in [0.1, 0.15) is 104 Å². The molecule has 2 nitrogen and oxygen atoms in total. The van der Waals surface area contributed by atoms with Gasteiger partial charge < -0.3 is 5.11 Å². The third-order valence-electron chi connectivity index (χ3n) is 5.77. The molecule has 0 heterocycles. The van der Waals surface area contributed by atoms with E-state index in [-0.39, 0.29) is 0 Å². The van der Waals surface area contributed by atoms with Gasteiger partial charge in [-0.05, 0) is 82.9 Å². The zero-order valence-corrected chi connectivity index (χ0v) is 20.4. The molecule has 166 valence electrons. The van der Waals surface area contributed by atoms with Crippen LogP contribution in [0.5, 0.6) is 5.75 Å². The van der Waals surface area contributed by atoms with Gasteiger partial charge in [-0.3, -0.25) is 4.99 Å². The van der Waals surface area contributed by atoms with Crippen molar-refractivity contribution in [2.75, 3.05) is 0 Å². The van der Waals surface area contributed by atoms with Crippen molar-refractivity contribution in [1.82, 2.24) is 0 Å². The van der Waals surface area contributed by atoms with Gasteiger partial charge in [0, 0.05) is 5.71 Å². The molecule has 1 aromatic rings. The second-order valence-electron chi connectivity index (χ2n) is 8.50. The Kier molecular flexibility index (Phi) is 12.1. The van der Waals surface area contributed by atoms with E-state index in [1.807, 2.05) is 0 Å². The molecule has 30 heavy (non-hydrogen) atoms. The molecule has 0 aliphatic heterocycles. The Bertz CT molecular complexity index is 776. The minimum Gasteiger partial charge on any atom is -0.506 e. The third kappa shape index (κ3) is 8.73. The molecule has 0 fully saturated rings. The molecule has 0 radical (unpaired) electrons. The molecule has 0 spiro atoms. The highest BCUT2D eigenvalue weighted by Crippen LogP contribution is 2.37. The van der Waals surface area contributed by atoms with Gasteiger partial charge in [0.25, 0.3) is 0 Å². The lowest BCUT2D eigenvalue weighted by molar-refractivity contribution is 0.475. The van der Waals surface area contributed by atoms with E-state index in [0.717, 1.165) is 42.6 Å². The first-order chi connectivity index (χ1) is 14.3. The molecule has 0 saturated carbocycles. The summed E-state index contributed by atoms with van der Waals surface area (Å²) in [6, 6.07) is 3.87. The number of hydrogen-bond acceptors (Lipinski definition) is 2. The van der Waals surface area contributed by atoms with Crippen LogP contribution in [0.2, 0.25) is 0 Å². The summed E-state index contributed by atoms with van der Waals surface area (Å²) < 4.78 is 0. The Labute approximate surface area is 185 Å². The van der Waals surface area contributed by atoms with Crippen molar-refractivity contribution in [3.05, 3.63) is 58.7 Å². The third-order valence-corrected chi connectivity index (χ3v) is 5.77. The minimum absolute atomic E-state index is 0.303. The highest BCUT2D eigenvalue weighted by molar-refractivity contribution is 5.86. The van der Waals surface area contributed by atoms with Crippen LogP contribution in [-0.2, 0) is 0 Å². The van der Waals surface area contributed by atoms with Gasteiger partial charge in [-0.25, -0.2) is 0 Å². The molecule has 0 aromatic heterocycles. The van der Waals surface area contributed by atoms with Crippen LogP contribution in [0.4, 0.5) is 5.69 Å². The predicted octanol–water partition coefficient (Wildman–Crippen LogP) is 9.12. The largest absolute Gasteiger partial charge is 0.506 e. The van der Waals surface area contributed by atoms with E-state index < -0.39 is 0 Å². The molecule has 0 unspecified atom stereocenters. The minimum atomic E-state index is 0.303. The van der Waals surface area contributed by atoms with Crippen LogP contribution in [0.3, 0.4) is 0 Å². The smallest absolute Gasteiger partial charge is 0.141 e. The molecule has 1 aliphatic carbocycles. The van der Waals surface area contributed by atoms with Gasteiger partial charge in [0.1, 0.15) is 11.4 Å². The maximum absolute atomic E-state index is 10.2. The van der Waals surface area contributed by atoms with Crippen molar-refractivity contribution >= 4 is 11.4 Å². The van der Waals surface area contributed by atoms with Crippen LogP contribution in [-0.4, -0.2) is 10.8 Å². The van der Waals surface area contributed by atoms with Crippen LogP contribution in [0, 0.1) is 6.92 Å². The molecule has 1 aliphatic rings. The summed E-state index contributed by atoms with van der Waals surface area (Å²) in [4.78, 5) is 4.71. The van der Waals surface area contributed by atoms with Gasteiger partial charge in [-0.1, -0.05) is 75.1 Å². The van der Waals surface area contributed by atoms with E-state index in [2.05, 4.69) is 78.8 Å². The number of benzene rings is 1. The molecule has 0 saturated heterocycles. The van der Waals surface area contributed by atoms with Crippen LogP contribution >= 0.6 is 0 Å². The number of aliphatic imine (C=N–C) groups is 1. The summed E-state index contributed by atoms with van der Waals surface area (Å²) >= 11 is 0. The van der Waals surface area contributed by atoms with E-state index >= 15 is 0 Å². The quantitative estimate of drug-likeness (QED) is 0.337. The van der Waals surface area contributed by atoms with Gasteiger partial charge in [0.15, 0.2) is 0 Å². The van der Waals surface area contributed by atoms with Crippen LogP contribution < -0.4 is 0 Å². The summed E-state index contributed by atoms with van der Waals surface area (Å²) in [6.07, 6.45) is 16.7. The van der Waals surface area contributed by atoms with E-state index in [4.69, 9.17) is 4.99 Å². The fourth-order valence-corrected chi connectivity index (χ4v) is 3.72.